The number of fused-ring (bicyclic) bond motifs is 4. The van der Waals surface area contributed by atoms with Gasteiger partial charge in [0.05, 0.1) is 5.71 Å². The van der Waals surface area contributed by atoms with Gasteiger partial charge in [0.15, 0.2) is 0 Å². The molecular weight excluding hydrogens is 644 g/mol. The van der Waals surface area contributed by atoms with E-state index < -0.39 is 0 Å². The molecule has 4 aliphatic rings. The zero-order valence-corrected chi connectivity index (χ0v) is 29.8. The van der Waals surface area contributed by atoms with Crippen molar-refractivity contribution >= 4 is 47.7 Å². The summed E-state index contributed by atoms with van der Waals surface area (Å²) in [6, 6.07) is 0. The Kier molecular flexibility index (Phi) is 10.7. The topological polar surface area (TPSA) is 132 Å². The first-order valence-electron chi connectivity index (χ1n) is 18.0. The minimum absolute atomic E-state index is 0.0398. The lowest BCUT2D eigenvalue weighted by Crippen LogP contribution is -2.28. The van der Waals surface area contributed by atoms with Crippen LogP contribution in [-0.4, -0.2) is 52.2 Å². The summed E-state index contributed by atoms with van der Waals surface area (Å²) in [6.45, 7) is 14.3. The van der Waals surface area contributed by atoms with Gasteiger partial charge in [-0.05, 0) is 110 Å². The van der Waals surface area contributed by atoms with Crippen molar-refractivity contribution in [2.75, 3.05) is 13.2 Å². The zero-order valence-electron chi connectivity index (χ0n) is 29.8. The zero-order chi connectivity index (χ0) is 36.2. The van der Waals surface area contributed by atoms with Crippen molar-refractivity contribution in [1.82, 2.24) is 14.9 Å². The average Bonchev–Trinajstić information content (AvgIpc) is 3.72. The Morgan fingerprint density at radius 1 is 0.922 bits per heavy atom. The van der Waals surface area contributed by atoms with Gasteiger partial charge < -0.3 is 24.3 Å². The highest BCUT2D eigenvalue weighted by Crippen LogP contribution is 2.35. The molecule has 3 aliphatic heterocycles. The summed E-state index contributed by atoms with van der Waals surface area (Å²) in [7, 11) is 0. The minimum atomic E-state index is -0.309. The number of ether oxygens (including phenoxy) is 2. The van der Waals surface area contributed by atoms with Crippen LogP contribution in [0, 0.1) is 6.92 Å². The second-order valence-electron chi connectivity index (χ2n) is 13.2. The fourth-order valence-electron chi connectivity index (χ4n) is 7.81. The van der Waals surface area contributed by atoms with E-state index in [1.54, 1.807) is 12.2 Å². The number of nitrogens with one attached hydrogen (secondary N) is 2. The summed E-state index contributed by atoms with van der Waals surface area (Å²) in [5.41, 5.74) is 11.1. The van der Waals surface area contributed by atoms with Gasteiger partial charge in [0.2, 0.25) is 0 Å². The molecule has 0 bridgehead atoms. The third kappa shape index (κ3) is 7.04. The predicted molar refractivity (Wildman–Crippen MR) is 197 cm³/mol. The van der Waals surface area contributed by atoms with Crippen LogP contribution >= 0.6 is 0 Å². The van der Waals surface area contributed by atoms with Gasteiger partial charge in [-0.3, -0.25) is 19.2 Å². The molecule has 0 radical (unpaired) electrons. The molecule has 0 spiro atoms. The number of rotatable bonds is 13. The van der Waals surface area contributed by atoms with Crippen molar-refractivity contribution < 1.29 is 28.7 Å². The summed E-state index contributed by atoms with van der Waals surface area (Å²) >= 11 is 0. The normalized spacial score (nSPS) is 17.9. The van der Waals surface area contributed by atoms with Gasteiger partial charge in [-0.25, -0.2) is 4.99 Å². The van der Waals surface area contributed by atoms with E-state index in [9.17, 15) is 19.2 Å². The lowest BCUT2D eigenvalue weighted by atomic mass is 9.92. The highest BCUT2D eigenvalue weighted by molar-refractivity contribution is 6.31. The number of hydrogen-bond acceptors (Lipinski definition) is 6. The van der Waals surface area contributed by atoms with Gasteiger partial charge >= 0.3 is 11.9 Å². The molecule has 5 heterocycles. The fraction of sp³-hybridized carbons (Fsp3) is 0.390. The van der Waals surface area contributed by atoms with Crippen LogP contribution in [0.5, 0.6) is 0 Å². The fourth-order valence-corrected chi connectivity index (χ4v) is 7.81. The maximum Gasteiger partial charge on any atom is 0.306 e. The summed E-state index contributed by atoms with van der Waals surface area (Å²) < 4.78 is 12.9. The molecule has 0 unspecified atom stereocenters. The van der Waals surface area contributed by atoms with Crippen molar-refractivity contribution in [2.24, 2.45) is 4.99 Å². The second kappa shape index (κ2) is 15.3. The molecule has 0 fully saturated rings. The van der Waals surface area contributed by atoms with Crippen LogP contribution in [0.3, 0.4) is 0 Å². The first-order valence-corrected chi connectivity index (χ1v) is 18.0. The maximum atomic E-state index is 12.8. The number of aromatic amines is 1. The van der Waals surface area contributed by atoms with E-state index in [0.29, 0.717) is 44.4 Å². The Balaban J connectivity index is 1.53. The highest BCUT2D eigenvalue weighted by Gasteiger charge is 2.30. The van der Waals surface area contributed by atoms with Gasteiger partial charge in [0, 0.05) is 58.3 Å². The molecule has 6 rings (SSSR count). The third-order valence-corrected chi connectivity index (χ3v) is 10.2. The SMILES string of the molecule is C=CCOC(=O)CCc1c(/C=c2/c(CCC(=O)OCC=C)c(C)c3n2CCC2=C(CC)C(=O)N=C2C=3)[nH]c2c1CCCC1=C(CC)C(=O)N/C1=C/2. The van der Waals surface area contributed by atoms with E-state index in [0.717, 1.165) is 91.6 Å². The summed E-state index contributed by atoms with van der Waals surface area (Å²) in [6.07, 6.45) is 14.9. The van der Waals surface area contributed by atoms with Crippen LogP contribution in [0.2, 0.25) is 0 Å². The van der Waals surface area contributed by atoms with Crippen molar-refractivity contribution in [3.63, 3.8) is 0 Å². The van der Waals surface area contributed by atoms with Crippen LogP contribution < -0.4 is 16.0 Å². The minimum Gasteiger partial charge on any atom is -0.461 e. The molecule has 2 aromatic heterocycles. The number of carbonyl (C=O) groups is 4. The number of H-pyrrole nitrogens is 1. The second-order valence-corrected chi connectivity index (χ2v) is 13.2. The van der Waals surface area contributed by atoms with Crippen molar-refractivity contribution in [2.45, 2.75) is 91.5 Å². The summed E-state index contributed by atoms with van der Waals surface area (Å²) in [5, 5.41) is 4.98. The molecule has 10 heteroatoms. The van der Waals surface area contributed by atoms with E-state index in [2.05, 4.69) is 39.1 Å². The summed E-state index contributed by atoms with van der Waals surface area (Å²) in [5.74, 6) is -0.813. The Morgan fingerprint density at radius 3 is 2.27 bits per heavy atom. The molecule has 51 heavy (non-hydrogen) atoms. The lowest BCUT2D eigenvalue weighted by Gasteiger charge is -2.13. The Hall–Kier alpha value is -5.25. The number of aromatic nitrogens is 2. The molecule has 2 aromatic rings. The van der Waals surface area contributed by atoms with Gasteiger partial charge in [0.25, 0.3) is 11.8 Å². The van der Waals surface area contributed by atoms with Gasteiger partial charge in [-0.15, -0.1) is 0 Å². The van der Waals surface area contributed by atoms with Crippen LogP contribution in [0.15, 0.2) is 58.3 Å². The molecule has 0 aromatic carbocycles. The molecule has 2 amide bonds. The molecule has 10 nitrogen and oxygen atoms in total. The standard InChI is InChI=1S/C41H46N4O6/c1-6-19-50-38(46)15-13-27-24(5)36-22-35-31(26(9-4)41(49)44-35)17-18-45(36)37(27)23-34-30(14-16-39(47)51-20-7-2)29-12-10-11-28-25(8-3)40(48)43-33(28)21-32(29)42-34/h6-7,21-23,42H,1-2,8-20H2,3-5H3,(H,43,48)/b33-21+,37-23-. The van der Waals surface area contributed by atoms with Crippen LogP contribution in [0.4, 0.5) is 0 Å². The maximum absolute atomic E-state index is 12.8. The van der Waals surface area contributed by atoms with Crippen molar-refractivity contribution in [3.05, 3.63) is 97.6 Å². The number of carbonyl (C=O) groups excluding carboxylic acids is 4. The molecule has 266 valence electrons. The van der Waals surface area contributed by atoms with Crippen LogP contribution in [0.25, 0.3) is 18.2 Å². The number of aliphatic imine (C=N–C) groups is 1. The first kappa shape index (κ1) is 35.6. The molecule has 0 atom stereocenters. The van der Waals surface area contributed by atoms with Crippen molar-refractivity contribution in [1.29, 1.82) is 0 Å². The molecule has 1 aliphatic carbocycles. The Bertz CT molecular complexity index is 2100. The van der Waals surface area contributed by atoms with E-state index in [1.807, 2.05) is 32.9 Å². The van der Waals surface area contributed by atoms with Gasteiger partial charge in [0.1, 0.15) is 13.2 Å². The van der Waals surface area contributed by atoms with Gasteiger partial charge in [-0.2, -0.15) is 0 Å². The number of esters is 2. The molecule has 0 saturated heterocycles. The van der Waals surface area contributed by atoms with Crippen molar-refractivity contribution in [3.8, 4) is 0 Å². The molecule has 2 N–H and O–H groups in total. The lowest BCUT2D eigenvalue weighted by molar-refractivity contribution is -0.143. The summed E-state index contributed by atoms with van der Waals surface area (Å²) in [4.78, 5) is 59.1. The highest BCUT2D eigenvalue weighted by atomic mass is 16.5. The number of hydrogen-bond donors (Lipinski definition) is 2. The quantitative estimate of drug-likeness (QED) is 0.232. The molecular formula is C41H46N4O6. The molecule has 0 saturated carbocycles. The van der Waals surface area contributed by atoms with Crippen LogP contribution in [-0.2, 0) is 54.5 Å². The van der Waals surface area contributed by atoms with E-state index in [4.69, 9.17) is 9.47 Å². The van der Waals surface area contributed by atoms with E-state index in [-0.39, 0.29) is 49.8 Å². The Labute approximate surface area is 298 Å². The average molecular weight is 691 g/mol. The van der Waals surface area contributed by atoms with E-state index in [1.165, 1.54) is 0 Å². The monoisotopic (exact) mass is 690 g/mol. The van der Waals surface area contributed by atoms with Crippen LogP contribution in [0.1, 0.15) is 92.4 Å². The smallest absolute Gasteiger partial charge is 0.306 e. The van der Waals surface area contributed by atoms with E-state index >= 15 is 0 Å². The third-order valence-electron chi connectivity index (χ3n) is 10.2. The number of amides is 2. The number of nitrogens with zero attached hydrogens (tertiary/aromatic N) is 2. The first-order chi connectivity index (χ1) is 24.7. The Morgan fingerprint density at radius 2 is 1.61 bits per heavy atom. The number of allylic oxidation sites excluding steroid dienone is 2. The van der Waals surface area contributed by atoms with Gasteiger partial charge in [-0.1, -0.05) is 39.2 Å². The predicted octanol–water partition coefficient (Wildman–Crippen LogP) is 4.66. The largest absolute Gasteiger partial charge is 0.461 e.